The Morgan fingerprint density at radius 1 is 1.14 bits per heavy atom. The normalized spacial score (nSPS) is 9.76. The lowest BCUT2D eigenvalue weighted by Gasteiger charge is -2.04. The molecule has 2 aromatic carbocycles. The largest absolute Gasteiger partial charge is 0.478 e. The maximum absolute atomic E-state index is 11.2. The topological polar surface area (TPSA) is 63.6 Å². The van der Waals surface area contributed by atoms with Crippen molar-refractivity contribution in [2.75, 3.05) is 6.61 Å². The number of aromatic carboxylic acids is 1. The van der Waals surface area contributed by atoms with E-state index in [1.165, 1.54) is 0 Å². The Morgan fingerprint density at radius 2 is 1.86 bits per heavy atom. The van der Waals surface area contributed by atoms with Crippen LogP contribution in [0.1, 0.15) is 29.3 Å². The van der Waals surface area contributed by atoms with Crippen molar-refractivity contribution in [2.24, 2.45) is 0 Å². The van der Waals surface area contributed by atoms with Gasteiger partial charge in [-0.05, 0) is 29.8 Å². The van der Waals surface area contributed by atoms with Gasteiger partial charge in [-0.2, -0.15) is 0 Å². The molecule has 0 fully saturated rings. The maximum atomic E-state index is 11.2. The van der Waals surface area contributed by atoms with Gasteiger partial charge in [0.05, 0.1) is 12.2 Å². The Hall–Kier alpha value is -2.80. The van der Waals surface area contributed by atoms with Crippen LogP contribution in [0.3, 0.4) is 0 Å². The molecule has 0 heterocycles. The lowest BCUT2D eigenvalue weighted by Crippen LogP contribution is -2.01. The van der Waals surface area contributed by atoms with E-state index in [2.05, 4.69) is 11.8 Å². The van der Waals surface area contributed by atoms with Gasteiger partial charge in [0.15, 0.2) is 0 Å². The van der Waals surface area contributed by atoms with E-state index >= 15 is 0 Å². The highest BCUT2D eigenvalue weighted by molar-refractivity contribution is 6.05. The molecule has 0 saturated carbocycles. The smallest absolute Gasteiger partial charge is 0.336 e. The number of hydrogen-bond acceptors (Lipinski definition) is 3. The van der Waals surface area contributed by atoms with Crippen molar-refractivity contribution in [2.45, 2.75) is 13.3 Å². The SMILES string of the molecule is CCOC(=O)CC#Cc1cccc2c(C(=O)O)cccc12. The van der Waals surface area contributed by atoms with Crippen LogP contribution in [0.4, 0.5) is 0 Å². The molecule has 0 bridgehead atoms. The third-order valence-electron chi connectivity index (χ3n) is 2.91. The number of carboxylic acid groups (broad SMARTS) is 1. The van der Waals surface area contributed by atoms with Crippen LogP contribution in [0.15, 0.2) is 36.4 Å². The fourth-order valence-electron chi connectivity index (χ4n) is 2.03. The minimum Gasteiger partial charge on any atom is -0.478 e. The van der Waals surface area contributed by atoms with Crippen molar-refractivity contribution in [3.05, 3.63) is 47.5 Å². The number of carbonyl (C=O) groups is 2. The molecule has 0 atom stereocenters. The molecule has 0 aromatic heterocycles. The summed E-state index contributed by atoms with van der Waals surface area (Å²) in [6.45, 7) is 2.07. The van der Waals surface area contributed by atoms with Crippen LogP contribution >= 0.6 is 0 Å². The summed E-state index contributed by atoms with van der Waals surface area (Å²) in [4.78, 5) is 22.4. The van der Waals surface area contributed by atoms with Gasteiger partial charge in [0, 0.05) is 5.56 Å². The second-order valence-corrected chi connectivity index (χ2v) is 4.29. The quantitative estimate of drug-likeness (QED) is 0.694. The first-order chi connectivity index (χ1) is 10.1. The predicted molar refractivity (Wildman–Crippen MR) is 79.0 cm³/mol. The fourth-order valence-corrected chi connectivity index (χ4v) is 2.03. The monoisotopic (exact) mass is 282 g/mol. The van der Waals surface area contributed by atoms with Crippen molar-refractivity contribution in [3.63, 3.8) is 0 Å². The Bertz CT molecular complexity index is 750. The number of carbonyl (C=O) groups excluding carboxylic acids is 1. The van der Waals surface area contributed by atoms with Gasteiger partial charge < -0.3 is 9.84 Å². The van der Waals surface area contributed by atoms with E-state index in [1.54, 1.807) is 37.3 Å². The highest BCUT2D eigenvalue weighted by Gasteiger charge is 2.09. The van der Waals surface area contributed by atoms with Gasteiger partial charge in [-0.1, -0.05) is 36.1 Å². The van der Waals surface area contributed by atoms with Crippen molar-refractivity contribution in [1.82, 2.24) is 0 Å². The summed E-state index contributed by atoms with van der Waals surface area (Å²) in [6.07, 6.45) is 0.0167. The van der Waals surface area contributed by atoms with E-state index in [9.17, 15) is 14.7 Å². The van der Waals surface area contributed by atoms with E-state index in [4.69, 9.17) is 4.74 Å². The van der Waals surface area contributed by atoms with Gasteiger partial charge in [-0.15, -0.1) is 0 Å². The molecule has 0 spiro atoms. The van der Waals surface area contributed by atoms with Crippen LogP contribution < -0.4 is 0 Å². The van der Waals surface area contributed by atoms with Crippen molar-refractivity contribution in [3.8, 4) is 11.8 Å². The summed E-state index contributed by atoms with van der Waals surface area (Å²) in [5.74, 6) is 4.32. The zero-order valence-corrected chi connectivity index (χ0v) is 11.6. The molecule has 106 valence electrons. The van der Waals surface area contributed by atoms with E-state index in [0.717, 1.165) is 5.39 Å². The number of hydrogen-bond donors (Lipinski definition) is 1. The Balaban J connectivity index is 2.38. The van der Waals surface area contributed by atoms with E-state index < -0.39 is 5.97 Å². The van der Waals surface area contributed by atoms with Gasteiger partial charge in [0.25, 0.3) is 0 Å². The van der Waals surface area contributed by atoms with E-state index in [1.807, 2.05) is 6.07 Å². The number of carboxylic acids is 1. The number of esters is 1. The minimum atomic E-state index is -0.975. The summed E-state index contributed by atoms with van der Waals surface area (Å²) in [5.41, 5.74) is 0.932. The number of benzene rings is 2. The fraction of sp³-hybridized carbons (Fsp3) is 0.176. The molecule has 2 rings (SSSR count). The molecule has 0 unspecified atom stereocenters. The Labute approximate surface area is 122 Å². The molecule has 0 aliphatic heterocycles. The zero-order chi connectivity index (χ0) is 15.2. The molecule has 0 aliphatic carbocycles. The van der Waals surface area contributed by atoms with Gasteiger partial charge >= 0.3 is 11.9 Å². The lowest BCUT2D eigenvalue weighted by atomic mass is 10.0. The molecule has 4 heteroatoms. The van der Waals surface area contributed by atoms with Crippen LogP contribution in [0, 0.1) is 11.8 Å². The molecule has 2 aromatic rings. The highest BCUT2D eigenvalue weighted by atomic mass is 16.5. The van der Waals surface area contributed by atoms with Gasteiger partial charge in [-0.3, -0.25) is 4.79 Å². The first kappa shape index (κ1) is 14.6. The van der Waals surface area contributed by atoms with Gasteiger partial charge in [0.1, 0.15) is 6.42 Å². The number of ether oxygens (including phenoxy) is 1. The summed E-state index contributed by atoms with van der Waals surface area (Å²) in [7, 11) is 0. The van der Waals surface area contributed by atoms with Crippen LogP contribution in [-0.2, 0) is 9.53 Å². The second kappa shape index (κ2) is 6.58. The Morgan fingerprint density at radius 3 is 2.57 bits per heavy atom. The van der Waals surface area contributed by atoms with Crippen molar-refractivity contribution >= 4 is 22.7 Å². The summed E-state index contributed by atoms with van der Waals surface area (Å²) >= 11 is 0. The van der Waals surface area contributed by atoms with Crippen LogP contribution in [0.2, 0.25) is 0 Å². The lowest BCUT2D eigenvalue weighted by molar-refractivity contribution is -0.141. The summed E-state index contributed by atoms with van der Waals surface area (Å²) in [6, 6.07) is 10.4. The molecule has 4 nitrogen and oxygen atoms in total. The molecule has 0 saturated heterocycles. The minimum absolute atomic E-state index is 0.0167. The second-order valence-electron chi connectivity index (χ2n) is 4.29. The van der Waals surface area contributed by atoms with Gasteiger partial charge in [-0.25, -0.2) is 4.79 Å². The Kier molecular flexibility index (Phi) is 4.57. The number of rotatable bonds is 3. The molecule has 0 radical (unpaired) electrons. The standard InChI is InChI=1S/C17H14O4/c1-2-21-16(18)11-4-7-12-6-3-9-14-13(12)8-5-10-15(14)17(19)20/h3,5-6,8-10H,2,11H2,1H3,(H,19,20). The van der Waals surface area contributed by atoms with Crippen molar-refractivity contribution in [1.29, 1.82) is 0 Å². The summed E-state index contributed by atoms with van der Waals surface area (Å²) < 4.78 is 4.80. The molecule has 1 N–H and O–H groups in total. The molecule has 21 heavy (non-hydrogen) atoms. The van der Waals surface area contributed by atoms with Crippen LogP contribution in [0.5, 0.6) is 0 Å². The van der Waals surface area contributed by atoms with Gasteiger partial charge in [0.2, 0.25) is 0 Å². The average molecular weight is 282 g/mol. The van der Waals surface area contributed by atoms with Crippen molar-refractivity contribution < 1.29 is 19.4 Å². The first-order valence-electron chi connectivity index (χ1n) is 6.53. The molecule has 0 aliphatic rings. The molecule has 0 amide bonds. The van der Waals surface area contributed by atoms with Crippen LogP contribution in [0.25, 0.3) is 10.8 Å². The first-order valence-corrected chi connectivity index (χ1v) is 6.53. The van der Waals surface area contributed by atoms with E-state index in [0.29, 0.717) is 17.6 Å². The third-order valence-corrected chi connectivity index (χ3v) is 2.91. The average Bonchev–Trinajstić information content (AvgIpc) is 2.47. The molecular weight excluding hydrogens is 268 g/mol. The van der Waals surface area contributed by atoms with E-state index in [-0.39, 0.29) is 18.0 Å². The maximum Gasteiger partial charge on any atom is 0.336 e. The predicted octanol–water partition coefficient (Wildman–Crippen LogP) is 2.84. The van der Waals surface area contributed by atoms with Crippen LogP contribution in [-0.4, -0.2) is 23.7 Å². The third kappa shape index (κ3) is 3.40. The zero-order valence-electron chi connectivity index (χ0n) is 11.6. The summed E-state index contributed by atoms with van der Waals surface area (Å²) in [5, 5.41) is 10.6. The highest BCUT2D eigenvalue weighted by Crippen LogP contribution is 2.22. The number of fused-ring (bicyclic) bond motifs is 1. The molecular formula is C17H14O4.